The summed E-state index contributed by atoms with van der Waals surface area (Å²) < 4.78 is 15.0. The van der Waals surface area contributed by atoms with Crippen molar-refractivity contribution in [2.24, 2.45) is 0 Å². The Balaban J connectivity index is 1.36. The summed E-state index contributed by atoms with van der Waals surface area (Å²) in [4.78, 5) is 45.7. The van der Waals surface area contributed by atoms with E-state index in [1.54, 1.807) is 31.2 Å². The number of carbonyl (C=O) groups is 3. The Labute approximate surface area is 205 Å². The summed E-state index contributed by atoms with van der Waals surface area (Å²) in [6, 6.07) is 10.6. The normalized spacial score (nSPS) is 14.4. The van der Waals surface area contributed by atoms with Gasteiger partial charge in [0.05, 0.1) is 17.8 Å². The Kier molecular flexibility index (Phi) is 5.93. The van der Waals surface area contributed by atoms with Crippen molar-refractivity contribution in [2.45, 2.75) is 32.4 Å². The van der Waals surface area contributed by atoms with Gasteiger partial charge in [0.2, 0.25) is 0 Å². The molecule has 5 rings (SSSR count). The fourth-order valence-corrected chi connectivity index (χ4v) is 4.42. The molecule has 182 valence electrons. The molecule has 2 heterocycles. The van der Waals surface area contributed by atoms with E-state index in [-0.39, 0.29) is 35.4 Å². The van der Waals surface area contributed by atoms with Gasteiger partial charge in [0.25, 0.3) is 11.8 Å². The number of fused-ring (bicyclic) bond motifs is 2. The molecule has 0 spiro atoms. The van der Waals surface area contributed by atoms with E-state index < -0.39 is 17.8 Å². The molecular weight excluding hydrogens is 465 g/mol. The zero-order chi connectivity index (χ0) is 25.4. The Morgan fingerprint density at radius 3 is 2.75 bits per heavy atom. The third-order valence-electron chi connectivity index (χ3n) is 6.30. The standard InChI is InChI=1S/C26H22FN5O4/c1-14-8-15(2-6-19(14)27)11-29-25(34)22-10-21(30-23-12-28-13-32(22)23)24(33)31-20-7-4-16-9-17(26(35)36)3-5-18(16)20/h2-3,5-6,8-10,12-13,20H,4,7,11H2,1H3,(H,29,34)(H,31,33)(H,35,36)/t20-/m0/s1. The SMILES string of the molecule is Cc1cc(CNC(=O)c2cc(C(=O)N[C@H]3CCc4cc(C(=O)O)ccc43)nc3cncn23)ccc1F. The molecule has 2 amide bonds. The Bertz CT molecular complexity index is 1530. The third-order valence-corrected chi connectivity index (χ3v) is 6.30. The van der Waals surface area contributed by atoms with Crippen LogP contribution in [-0.2, 0) is 13.0 Å². The Morgan fingerprint density at radius 2 is 1.97 bits per heavy atom. The fourth-order valence-electron chi connectivity index (χ4n) is 4.42. The first-order chi connectivity index (χ1) is 17.3. The van der Waals surface area contributed by atoms with Gasteiger partial charge in [-0.05, 0) is 66.3 Å². The van der Waals surface area contributed by atoms with Gasteiger partial charge >= 0.3 is 5.97 Å². The second-order valence-corrected chi connectivity index (χ2v) is 8.70. The zero-order valence-corrected chi connectivity index (χ0v) is 19.3. The topological polar surface area (TPSA) is 126 Å². The number of amides is 2. The van der Waals surface area contributed by atoms with Crippen molar-refractivity contribution in [1.82, 2.24) is 25.0 Å². The zero-order valence-electron chi connectivity index (χ0n) is 19.3. The monoisotopic (exact) mass is 487 g/mol. The predicted octanol–water partition coefficient (Wildman–Crippen LogP) is 3.22. The van der Waals surface area contributed by atoms with Gasteiger partial charge in [-0.25, -0.2) is 19.2 Å². The van der Waals surface area contributed by atoms with Gasteiger partial charge in [-0.2, -0.15) is 0 Å². The number of hydrogen-bond donors (Lipinski definition) is 3. The largest absolute Gasteiger partial charge is 0.478 e. The highest BCUT2D eigenvalue weighted by atomic mass is 19.1. The number of carbonyl (C=O) groups excluding carboxylic acids is 2. The van der Waals surface area contributed by atoms with Gasteiger partial charge < -0.3 is 15.7 Å². The van der Waals surface area contributed by atoms with E-state index in [0.29, 0.717) is 24.1 Å². The van der Waals surface area contributed by atoms with Gasteiger partial charge in [-0.3, -0.25) is 14.0 Å². The van der Waals surface area contributed by atoms with E-state index in [9.17, 15) is 23.9 Å². The van der Waals surface area contributed by atoms with Crippen LogP contribution in [0.5, 0.6) is 0 Å². The minimum atomic E-state index is -0.996. The minimum Gasteiger partial charge on any atom is -0.478 e. The molecule has 1 atom stereocenters. The second-order valence-electron chi connectivity index (χ2n) is 8.70. The number of aromatic carboxylic acids is 1. The van der Waals surface area contributed by atoms with Crippen molar-refractivity contribution < 1.29 is 23.9 Å². The van der Waals surface area contributed by atoms with E-state index in [4.69, 9.17) is 0 Å². The molecule has 0 saturated heterocycles. The van der Waals surface area contributed by atoms with Crippen molar-refractivity contribution in [3.63, 3.8) is 0 Å². The number of halogens is 1. The van der Waals surface area contributed by atoms with E-state index >= 15 is 0 Å². The first-order valence-corrected chi connectivity index (χ1v) is 11.3. The lowest BCUT2D eigenvalue weighted by Crippen LogP contribution is -2.30. The maximum atomic E-state index is 13.5. The number of carboxylic acid groups (broad SMARTS) is 1. The van der Waals surface area contributed by atoms with Crippen molar-refractivity contribution in [2.75, 3.05) is 0 Å². The second kappa shape index (κ2) is 9.21. The molecule has 10 heteroatoms. The molecule has 3 N–H and O–H groups in total. The number of carboxylic acids is 1. The molecule has 1 aliphatic carbocycles. The predicted molar refractivity (Wildman–Crippen MR) is 127 cm³/mol. The van der Waals surface area contributed by atoms with Crippen LogP contribution in [0.3, 0.4) is 0 Å². The molecule has 0 bridgehead atoms. The maximum absolute atomic E-state index is 13.5. The van der Waals surface area contributed by atoms with Crippen LogP contribution in [0, 0.1) is 12.7 Å². The number of rotatable bonds is 6. The van der Waals surface area contributed by atoms with Gasteiger partial charge in [-0.1, -0.05) is 18.2 Å². The summed E-state index contributed by atoms with van der Waals surface area (Å²) in [6.45, 7) is 1.83. The molecule has 2 aromatic carbocycles. The van der Waals surface area contributed by atoms with Crippen LogP contribution in [0.1, 0.15) is 66.1 Å². The third kappa shape index (κ3) is 4.40. The molecule has 1 aliphatic rings. The quantitative estimate of drug-likeness (QED) is 0.384. The number of aromatic nitrogens is 3. The van der Waals surface area contributed by atoms with Crippen LogP contribution < -0.4 is 10.6 Å². The minimum absolute atomic E-state index is 0.0568. The lowest BCUT2D eigenvalue weighted by molar-refractivity contribution is 0.0696. The van der Waals surface area contributed by atoms with Gasteiger partial charge in [-0.15, -0.1) is 0 Å². The molecular formula is C26H22FN5O4. The van der Waals surface area contributed by atoms with E-state index in [1.165, 1.54) is 35.1 Å². The molecule has 2 aromatic heterocycles. The number of hydrogen-bond acceptors (Lipinski definition) is 5. The van der Waals surface area contributed by atoms with Crippen molar-refractivity contribution in [3.05, 3.63) is 100 Å². The smallest absolute Gasteiger partial charge is 0.335 e. The average molecular weight is 487 g/mol. The number of benzene rings is 2. The molecule has 0 saturated carbocycles. The highest BCUT2D eigenvalue weighted by molar-refractivity contribution is 5.98. The molecule has 0 radical (unpaired) electrons. The van der Waals surface area contributed by atoms with Gasteiger partial charge in [0, 0.05) is 6.54 Å². The highest BCUT2D eigenvalue weighted by Crippen LogP contribution is 2.32. The first-order valence-electron chi connectivity index (χ1n) is 11.3. The van der Waals surface area contributed by atoms with E-state index in [2.05, 4.69) is 20.6 Å². The summed E-state index contributed by atoms with van der Waals surface area (Å²) in [5.74, 6) is -2.21. The van der Waals surface area contributed by atoms with Crippen LogP contribution in [0.4, 0.5) is 4.39 Å². The summed E-state index contributed by atoms with van der Waals surface area (Å²) in [6.07, 6.45) is 4.17. The van der Waals surface area contributed by atoms with Crippen molar-refractivity contribution in [1.29, 1.82) is 0 Å². The summed E-state index contributed by atoms with van der Waals surface area (Å²) in [5, 5.41) is 14.9. The van der Waals surface area contributed by atoms with Crippen molar-refractivity contribution in [3.8, 4) is 0 Å². The molecule has 4 aromatic rings. The molecule has 0 fully saturated rings. The van der Waals surface area contributed by atoms with Crippen LogP contribution in [-0.4, -0.2) is 37.3 Å². The number of imidazole rings is 1. The number of nitrogens with one attached hydrogen (secondary N) is 2. The van der Waals surface area contributed by atoms with E-state index in [1.807, 2.05) is 0 Å². The number of nitrogens with zero attached hydrogens (tertiary/aromatic N) is 3. The average Bonchev–Trinajstić information content (AvgIpc) is 3.50. The Hall–Kier alpha value is -4.60. The summed E-state index contributed by atoms with van der Waals surface area (Å²) in [5.41, 5.74) is 3.75. The lowest BCUT2D eigenvalue weighted by Gasteiger charge is -2.15. The van der Waals surface area contributed by atoms with Crippen LogP contribution in [0.15, 0.2) is 55.0 Å². The maximum Gasteiger partial charge on any atom is 0.335 e. The van der Waals surface area contributed by atoms with Crippen LogP contribution in [0.25, 0.3) is 5.65 Å². The Morgan fingerprint density at radius 1 is 1.14 bits per heavy atom. The molecule has 36 heavy (non-hydrogen) atoms. The van der Waals surface area contributed by atoms with Gasteiger partial charge in [0.1, 0.15) is 23.5 Å². The molecule has 9 nitrogen and oxygen atoms in total. The first kappa shape index (κ1) is 23.2. The van der Waals surface area contributed by atoms with Crippen molar-refractivity contribution >= 4 is 23.4 Å². The van der Waals surface area contributed by atoms with Crippen LogP contribution >= 0.6 is 0 Å². The summed E-state index contributed by atoms with van der Waals surface area (Å²) >= 11 is 0. The molecule has 0 aliphatic heterocycles. The van der Waals surface area contributed by atoms with E-state index in [0.717, 1.165) is 16.7 Å². The highest BCUT2D eigenvalue weighted by Gasteiger charge is 2.26. The van der Waals surface area contributed by atoms with Crippen LogP contribution in [0.2, 0.25) is 0 Å². The molecule has 0 unspecified atom stereocenters. The summed E-state index contributed by atoms with van der Waals surface area (Å²) in [7, 11) is 0. The van der Waals surface area contributed by atoms with Gasteiger partial charge in [0.15, 0.2) is 5.65 Å². The fraction of sp³-hybridized carbons (Fsp3) is 0.192. The number of aryl methyl sites for hydroxylation is 2. The lowest BCUT2D eigenvalue weighted by atomic mass is 10.0.